The van der Waals surface area contributed by atoms with Crippen molar-refractivity contribution in [2.24, 2.45) is 0 Å². The third-order valence-electron chi connectivity index (χ3n) is 3.07. The molecule has 0 N–H and O–H groups in total. The predicted molar refractivity (Wildman–Crippen MR) is 67.3 cm³/mol. The van der Waals surface area contributed by atoms with E-state index in [0.29, 0.717) is 0 Å². The Kier molecular flexibility index (Phi) is 2.49. The fraction of sp³-hybridized carbons (Fsp3) is 0.333. The summed E-state index contributed by atoms with van der Waals surface area (Å²) in [6.45, 7) is 8.38. The molecule has 0 fully saturated rings. The fourth-order valence-electron chi connectivity index (χ4n) is 2.14. The van der Waals surface area contributed by atoms with Gasteiger partial charge in [-0.1, -0.05) is 45.0 Å². The zero-order chi connectivity index (χ0) is 11.9. The third-order valence-corrected chi connectivity index (χ3v) is 3.07. The van der Waals surface area contributed by atoms with Crippen LogP contribution in [-0.4, -0.2) is 0 Å². The molecule has 16 heavy (non-hydrogen) atoms. The van der Waals surface area contributed by atoms with Crippen LogP contribution in [-0.2, 0) is 5.41 Å². The van der Waals surface area contributed by atoms with Crippen LogP contribution >= 0.6 is 0 Å². The summed E-state index contributed by atoms with van der Waals surface area (Å²) in [5.74, 6) is -0.126. The van der Waals surface area contributed by atoms with E-state index in [9.17, 15) is 4.39 Å². The van der Waals surface area contributed by atoms with Gasteiger partial charge in [-0.3, -0.25) is 0 Å². The highest BCUT2D eigenvalue weighted by Gasteiger charge is 2.17. The van der Waals surface area contributed by atoms with Crippen molar-refractivity contribution in [3.63, 3.8) is 0 Å². The molecule has 0 saturated carbocycles. The van der Waals surface area contributed by atoms with Gasteiger partial charge in [-0.15, -0.1) is 0 Å². The van der Waals surface area contributed by atoms with Crippen molar-refractivity contribution in [1.29, 1.82) is 0 Å². The van der Waals surface area contributed by atoms with Crippen molar-refractivity contribution >= 4 is 10.8 Å². The maximum atomic E-state index is 13.5. The van der Waals surface area contributed by atoms with Gasteiger partial charge in [0.1, 0.15) is 5.82 Å². The maximum absolute atomic E-state index is 13.5. The summed E-state index contributed by atoms with van der Waals surface area (Å²) in [5.41, 5.74) is 2.10. The molecular formula is C15H17F. The number of aryl methyl sites for hydroxylation is 1. The molecule has 2 rings (SSSR count). The Bertz CT molecular complexity index is 533. The van der Waals surface area contributed by atoms with Gasteiger partial charge >= 0.3 is 0 Å². The number of rotatable bonds is 0. The first-order valence-corrected chi connectivity index (χ1v) is 5.59. The maximum Gasteiger partial charge on any atom is 0.126 e. The van der Waals surface area contributed by atoms with Crippen molar-refractivity contribution in [2.45, 2.75) is 33.1 Å². The van der Waals surface area contributed by atoms with E-state index in [0.717, 1.165) is 16.3 Å². The molecule has 0 atom stereocenters. The first kappa shape index (κ1) is 11.1. The van der Waals surface area contributed by atoms with Crippen LogP contribution in [0.1, 0.15) is 31.9 Å². The molecule has 84 valence electrons. The largest absolute Gasteiger partial charge is 0.207 e. The molecule has 0 aliphatic carbocycles. The first-order valence-electron chi connectivity index (χ1n) is 5.59. The minimum atomic E-state index is -0.126. The van der Waals surface area contributed by atoms with Gasteiger partial charge in [0.25, 0.3) is 0 Å². The van der Waals surface area contributed by atoms with Gasteiger partial charge in [-0.2, -0.15) is 0 Å². The lowest BCUT2D eigenvalue weighted by molar-refractivity contribution is 0.595. The number of halogens is 1. The van der Waals surface area contributed by atoms with Crippen LogP contribution in [0.3, 0.4) is 0 Å². The Hall–Kier alpha value is -1.37. The molecule has 2 aromatic rings. The van der Waals surface area contributed by atoms with Gasteiger partial charge in [0, 0.05) is 0 Å². The molecule has 1 heteroatoms. The average Bonchev–Trinajstić information content (AvgIpc) is 2.21. The highest BCUT2D eigenvalue weighted by molar-refractivity contribution is 5.89. The van der Waals surface area contributed by atoms with E-state index in [1.54, 1.807) is 6.07 Å². The Labute approximate surface area is 96.1 Å². The lowest BCUT2D eigenvalue weighted by atomic mass is 9.83. The number of hydrogen-bond donors (Lipinski definition) is 0. The summed E-state index contributed by atoms with van der Waals surface area (Å²) < 4.78 is 13.5. The van der Waals surface area contributed by atoms with E-state index >= 15 is 0 Å². The summed E-state index contributed by atoms with van der Waals surface area (Å²) in [7, 11) is 0. The normalized spacial score (nSPS) is 12.1. The zero-order valence-electron chi connectivity index (χ0n) is 10.3. The summed E-state index contributed by atoms with van der Waals surface area (Å²) in [4.78, 5) is 0. The summed E-state index contributed by atoms with van der Waals surface area (Å²) in [6.07, 6.45) is 0. The van der Waals surface area contributed by atoms with Gasteiger partial charge in [0.15, 0.2) is 0 Å². The summed E-state index contributed by atoms with van der Waals surface area (Å²) in [6, 6.07) is 9.57. The second kappa shape index (κ2) is 3.58. The Morgan fingerprint density at radius 2 is 1.62 bits per heavy atom. The lowest BCUT2D eigenvalue weighted by Crippen LogP contribution is -2.11. The fourth-order valence-corrected chi connectivity index (χ4v) is 2.14. The Balaban J connectivity index is 2.85. The molecular weight excluding hydrogens is 199 g/mol. The van der Waals surface area contributed by atoms with Crippen LogP contribution in [0.15, 0.2) is 30.3 Å². The monoisotopic (exact) mass is 216 g/mol. The standard InChI is InChI=1S/C15H17F/c1-10-11-6-5-7-13(15(2,3)4)12(11)8-9-14(10)16/h5-9H,1-4H3. The topological polar surface area (TPSA) is 0 Å². The van der Waals surface area contributed by atoms with E-state index in [1.807, 2.05) is 25.1 Å². The second-order valence-corrected chi connectivity index (χ2v) is 5.32. The van der Waals surface area contributed by atoms with E-state index in [-0.39, 0.29) is 11.2 Å². The van der Waals surface area contributed by atoms with Crippen LogP contribution in [0.25, 0.3) is 10.8 Å². The second-order valence-electron chi connectivity index (χ2n) is 5.32. The smallest absolute Gasteiger partial charge is 0.126 e. The van der Waals surface area contributed by atoms with Crippen molar-refractivity contribution in [3.05, 3.63) is 47.3 Å². The van der Waals surface area contributed by atoms with Crippen molar-refractivity contribution in [3.8, 4) is 0 Å². The van der Waals surface area contributed by atoms with Crippen molar-refractivity contribution in [1.82, 2.24) is 0 Å². The highest BCUT2D eigenvalue weighted by atomic mass is 19.1. The van der Waals surface area contributed by atoms with Gasteiger partial charge in [0.05, 0.1) is 0 Å². The minimum absolute atomic E-state index is 0.0871. The minimum Gasteiger partial charge on any atom is -0.207 e. The first-order chi connectivity index (χ1) is 7.41. The third kappa shape index (κ3) is 1.71. The number of benzene rings is 2. The van der Waals surface area contributed by atoms with Crippen LogP contribution < -0.4 is 0 Å². The van der Waals surface area contributed by atoms with Gasteiger partial charge < -0.3 is 0 Å². The van der Waals surface area contributed by atoms with Crippen LogP contribution in [0.2, 0.25) is 0 Å². The molecule has 0 aromatic heterocycles. The van der Waals surface area contributed by atoms with Crippen LogP contribution in [0.4, 0.5) is 4.39 Å². The van der Waals surface area contributed by atoms with E-state index < -0.39 is 0 Å². The van der Waals surface area contributed by atoms with Crippen molar-refractivity contribution < 1.29 is 4.39 Å². The molecule has 0 radical (unpaired) electrons. The molecule has 0 aliphatic rings. The SMILES string of the molecule is Cc1c(F)ccc2c(C(C)(C)C)cccc12. The quantitative estimate of drug-likeness (QED) is 0.604. The van der Waals surface area contributed by atoms with Gasteiger partial charge in [-0.25, -0.2) is 4.39 Å². The number of fused-ring (bicyclic) bond motifs is 1. The summed E-state index contributed by atoms with van der Waals surface area (Å²) >= 11 is 0. The molecule has 0 unspecified atom stereocenters. The van der Waals surface area contributed by atoms with E-state index in [1.165, 1.54) is 5.56 Å². The average molecular weight is 216 g/mol. The van der Waals surface area contributed by atoms with Crippen molar-refractivity contribution in [2.75, 3.05) is 0 Å². The zero-order valence-corrected chi connectivity index (χ0v) is 10.3. The van der Waals surface area contributed by atoms with E-state index in [4.69, 9.17) is 0 Å². The Morgan fingerprint density at radius 3 is 2.25 bits per heavy atom. The molecule has 0 nitrogen and oxygen atoms in total. The lowest BCUT2D eigenvalue weighted by Gasteiger charge is -2.21. The van der Waals surface area contributed by atoms with Gasteiger partial charge in [0.2, 0.25) is 0 Å². The molecule has 0 spiro atoms. The van der Waals surface area contributed by atoms with Gasteiger partial charge in [-0.05, 0) is 40.3 Å². The van der Waals surface area contributed by atoms with E-state index in [2.05, 4.69) is 26.8 Å². The number of hydrogen-bond acceptors (Lipinski definition) is 0. The highest BCUT2D eigenvalue weighted by Crippen LogP contribution is 2.31. The molecule has 0 saturated heterocycles. The summed E-state index contributed by atoms with van der Waals surface area (Å²) in [5, 5.41) is 2.18. The Morgan fingerprint density at radius 1 is 0.938 bits per heavy atom. The molecule has 0 amide bonds. The molecule has 0 heterocycles. The van der Waals surface area contributed by atoms with Crippen LogP contribution in [0.5, 0.6) is 0 Å². The molecule has 0 bridgehead atoms. The van der Waals surface area contributed by atoms with Crippen LogP contribution in [0, 0.1) is 12.7 Å². The molecule has 2 aromatic carbocycles. The molecule has 0 aliphatic heterocycles. The predicted octanol–water partition coefficient (Wildman–Crippen LogP) is 4.58.